The van der Waals surface area contributed by atoms with Gasteiger partial charge in [-0.25, -0.2) is 19.3 Å². The fourth-order valence-corrected chi connectivity index (χ4v) is 4.10. The van der Waals surface area contributed by atoms with Crippen molar-refractivity contribution < 1.29 is 9.18 Å². The highest BCUT2D eigenvalue weighted by molar-refractivity contribution is 6.29. The Kier molecular flexibility index (Phi) is 6.26. The molecule has 178 valence electrons. The van der Waals surface area contributed by atoms with E-state index < -0.39 is 17.2 Å². The number of amides is 1. The maximum atomic E-state index is 13.6. The van der Waals surface area contributed by atoms with Gasteiger partial charge in [0.25, 0.3) is 5.91 Å². The van der Waals surface area contributed by atoms with Crippen LogP contribution < -0.4 is 10.7 Å². The normalized spacial score (nSPS) is 11.0. The number of benzene rings is 2. The largest absolute Gasteiger partial charge is 0.348 e. The number of hydrogen-bond acceptors (Lipinski definition) is 5. The van der Waals surface area contributed by atoms with Crippen molar-refractivity contribution >= 4 is 28.7 Å². The summed E-state index contributed by atoms with van der Waals surface area (Å²) in [5.74, 6) is -0.924. The predicted octanol–water partition coefficient (Wildman–Crippen LogP) is 5.08. The second-order valence-electron chi connectivity index (χ2n) is 8.14. The number of pyridine rings is 2. The molecule has 2 N–H and O–H groups in total. The molecule has 0 unspecified atom stereocenters. The maximum absolute atomic E-state index is 13.6. The molecule has 0 spiro atoms. The Hall–Kier alpha value is -4.43. The van der Waals surface area contributed by atoms with Crippen LogP contribution in [0.4, 0.5) is 4.39 Å². The highest BCUT2D eigenvalue weighted by atomic mass is 35.5. The smallest absolute Gasteiger partial charge is 0.257 e. The molecule has 7 nitrogen and oxygen atoms in total. The van der Waals surface area contributed by atoms with Gasteiger partial charge in [0.05, 0.1) is 11.4 Å². The average molecular weight is 500 g/mol. The minimum absolute atomic E-state index is 0.00573. The lowest BCUT2D eigenvalue weighted by Gasteiger charge is -2.12. The first kappa shape index (κ1) is 23.3. The number of rotatable bonds is 5. The van der Waals surface area contributed by atoms with Gasteiger partial charge >= 0.3 is 0 Å². The Morgan fingerprint density at radius 1 is 0.972 bits per heavy atom. The molecule has 0 atom stereocenters. The van der Waals surface area contributed by atoms with Gasteiger partial charge in [0, 0.05) is 29.6 Å². The van der Waals surface area contributed by atoms with Crippen LogP contribution in [-0.4, -0.2) is 25.8 Å². The summed E-state index contributed by atoms with van der Waals surface area (Å²) in [5, 5.41) is 3.01. The van der Waals surface area contributed by atoms with Crippen molar-refractivity contribution in [2.75, 3.05) is 0 Å². The molecule has 0 aliphatic heterocycles. The monoisotopic (exact) mass is 499 g/mol. The topological polar surface area (TPSA) is 101 Å². The van der Waals surface area contributed by atoms with E-state index >= 15 is 0 Å². The zero-order chi connectivity index (χ0) is 25.2. The molecule has 0 bridgehead atoms. The van der Waals surface area contributed by atoms with Gasteiger partial charge in [-0.3, -0.25) is 9.59 Å². The summed E-state index contributed by atoms with van der Waals surface area (Å²) in [5.41, 5.74) is 3.04. The molecule has 0 fully saturated rings. The van der Waals surface area contributed by atoms with E-state index in [1.165, 1.54) is 18.3 Å². The van der Waals surface area contributed by atoms with Crippen molar-refractivity contribution in [3.8, 4) is 22.5 Å². The first-order chi connectivity index (χ1) is 17.4. The Balaban J connectivity index is 1.63. The number of carbonyl (C=O) groups excluding carboxylic acids is 1. The Morgan fingerprint density at radius 3 is 2.42 bits per heavy atom. The minimum Gasteiger partial charge on any atom is -0.348 e. The number of aromatic amines is 1. The van der Waals surface area contributed by atoms with Crippen molar-refractivity contribution in [1.82, 2.24) is 25.3 Å². The lowest BCUT2D eigenvalue weighted by atomic mass is 10.0. The highest BCUT2D eigenvalue weighted by Gasteiger charge is 2.19. The molecule has 3 heterocycles. The zero-order valence-electron chi connectivity index (χ0n) is 19.0. The molecule has 9 heteroatoms. The van der Waals surface area contributed by atoms with E-state index in [0.29, 0.717) is 28.2 Å². The van der Waals surface area contributed by atoms with Gasteiger partial charge in [0.1, 0.15) is 16.5 Å². The molecule has 0 saturated heterocycles. The predicted molar refractivity (Wildman–Crippen MR) is 136 cm³/mol. The number of H-pyrrole nitrogens is 1. The third-order valence-corrected chi connectivity index (χ3v) is 5.76. The summed E-state index contributed by atoms with van der Waals surface area (Å²) in [7, 11) is 0. The third kappa shape index (κ3) is 4.71. The van der Waals surface area contributed by atoms with E-state index in [-0.39, 0.29) is 28.4 Å². The minimum atomic E-state index is -0.564. The fourth-order valence-electron chi connectivity index (χ4n) is 3.85. The number of nitrogens with zero attached hydrogens (tertiary/aromatic N) is 3. The summed E-state index contributed by atoms with van der Waals surface area (Å²) in [4.78, 5) is 42.5. The van der Waals surface area contributed by atoms with Crippen LogP contribution in [0.1, 0.15) is 21.6 Å². The molecule has 1 amide bonds. The Morgan fingerprint density at radius 2 is 1.69 bits per heavy atom. The molecule has 0 aliphatic rings. The molecular weight excluding hydrogens is 481 g/mol. The van der Waals surface area contributed by atoms with E-state index in [2.05, 4.69) is 25.3 Å². The number of aryl methyl sites for hydroxylation is 1. The standard InChI is InChI=1S/C27H19ClFN5O2/c1-15-11-18(12-21(28)32-15)23-22(17-7-9-19(29)10-8-17)34-26-24(33-23)25(35)20(14-30-26)27(36)31-13-16-5-3-2-4-6-16/h2-12,14H,13H2,1H3,(H,31,36)(H,30,34,35). The summed E-state index contributed by atoms with van der Waals surface area (Å²) in [6.07, 6.45) is 1.32. The molecule has 5 rings (SSSR count). The number of aromatic nitrogens is 4. The molecule has 0 radical (unpaired) electrons. The number of hydrogen-bond donors (Lipinski definition) is 2. The third-order valence-electron chi connectivity index (χ3n) is 5.56. The van der Waals surface area contributed by atoms with Crippen molar-refractivity contribution in [2.24, 2.45) is 0 Å². The van der Waals surface area contributed by atoms with Gasteiger partial charge in [-0.1, -0.05) is 41.9 Å². The molecule has 5 aromatic rings. The van der Waals surface area contributed by atoms with Gasteiger partial charge in [-0.2, -0.15) is 0 Å². The van der Waals surface area contributed by atoms with E-state index in [1.54, 1.807) is 31.2 Å². The average Bonchev–Trinajstić information content (AvgIpc) is 2.87. The molecule has 3 aromatic heterocycles. The summed E-state index contributed by atoms with van der Waals surface area (Å²) in [6, 6.07) is 18.5. The number of fused-ring (bicyclic) bond motifs is 1. The summed E-state index contributed by atoms with van der Waals surface area (Å²) in [6.45, 7) is 2.05. The maximum Gasteiger partial charge on any atom is 0.257 e. The molecule has 2 aromatic carbocycles. The van der Waals surface area contributed by atoms with Crippen LogP contribution in [0.3, 0.4) is 0 Å². The Bertz CT molecular complexity index is 1630. The van der Waals surface area contributed by atoms with E-state index in [4.69, 9.17) is 11.6 Å². The van der Waals surface area contributed by atoms with Crippen LogP contribution in [0, 0.1) is 12.7 Å². The van der Waals surface area contributed by atoms with Gasteiger partial charge in [0.2, 0.25) is 5.43 Å². The first-order valence-electron chi connectivity index (χ1n) is 11.0. The quantitative estimate of drug-likeness (QED) is 0.328. The molecule has 0 aliphatic carbocycles. The second kappa shape index (κ2) is 9.67. The van der Waals surface area contributed by atoms with Gasteiger partial charge < -0.3 is 10.3 Å². The first-order valence-corrected chi connectivity index (χ1v) is 11.4. The van der Waals surface area contributed by atoms with Gasteiger partial charge in [-0.15, -0.1) is 0 Å². The van der Waals surface area contributed by atoms with Crippen LogP contribution in [-0.2, 0) is 6.54 Å². The lowest BCUT2D eigenvalue weighted by molar-refractivity contribution is 0.0949. The summed E-state index contributed by atoms with van der Waals surface area (Å²) >= 11 is 6.19. The Labute approximate surface area is 210 Å². The molecule has 36 heavy (non-hydrogen) atoms. The molecular formula is C27H19ClFN5O2. The fraction of sp³-hybridized carbons (Fsp3) is 0.0741. The number of nitrogens with one attached hydrogen (secondary N) is 2. The van der Waals surface area contributed by atoms with Crippen molar-refractivity contribution in [3.05, 3.63) is 111 Å². The summed E-state index contributed by atoms with van der Waals surface area (Å²) < 4.78 is 13.6. The van der Waals surface area contributed by atoms with Crippen molar-refractivity contribution in [2.45, 2.75) is 13.5 Å². The molecule has 0 saturated carbocycles. The highest BCUT2D eigenvalue weighted by Crippen LogP contribution is 2.31. The number of carbonyl (C=O) groups is 1. The van der Waals surface area contributed by atoms with Crippen molar-refractivity contribution in [3.63, 3.8) is 0 Å². The number of halogens is 2. The second-order valence-corrected chi connectivity index (χ2v) is 8.53. The zero-order valence-corrected chi connectivity index (χ0v) is 19.8. The van der Waals surface area contributed by atoms with Crippen molar-refractivity contribution in [1.29, 1.82) is 0 Å². The van der Waals surface area contributed by atoms with Crippen LogP contribution in [0.15, 0.2) is 77.7 Å². The van der Waals surface area contributed by atoms with E-state index in [0.717, 1.165) is 5.56 Å². The van der Waals surface area contributed by atoms with Crippen LogP contribution >= 0.6 is 11.6 Å². The SMILES string of the molecule is Cc1cc(-c2nc3c(=O)c(C(=O)NCc4ccccc4)c[nH]c3nc2-c2ccc(F)cc2)cc(Cl)n1. The van der Waals surface area contributed by atoms with Gasteiger partial charge in [-0.05, 0) is 48.9 Å². The van der Waals surface area contributed by atoms with E-state index in [1.807, 2.05) is 30.3 Å². The van der Waals surface area contributed by atoms with Crippen LogP contribution in [0.25, 0.3) is 33.7 Å². The van der Waals surface area contributed by atoms with Crippen LogP contribution in [0.5, 0.6) is 0 Å². The van der Waals surface area contributed by atoms with Crippen LogP contribution in [0.2, 0.25) is 5.15 Å². The lowest BCUT2D eigenvalue weighted by Crippen LogP contribution is -2.29. The van der Waals surface area contributed by atoms with E-state index in [9.17, 15) is 14.0 Å². The van der Waals surface area contributed by atoms with Gasteiger partial charge in [0.15, 0.2) is 11.2 Å².